The van der Waals surface area contributed by atoms with Gasteiger partial charge in [0.05, 0.1) is 25.4 Å². The molecule has 7 atom stereocenters. The van der Waals surface area contributed by atoms with E-state index in [1.54, 1.807) is 0 Å². The van der Waals surface area contributed by atoms with Crippen molar-refractivity contribution in [3.63, 3.8) is 0 Å². The third-order valence-electron chi connectivity index (χ3n) is 16.5. The highest BCUT2D eigenvalue weighted by Gasteiger charge is 2.44. The van der Waals surface area contributed by atoms with Gasteiger partial charge in [-0.3, -0.25) is 4.79 Å². The molecule has 0 bridgehead atoms. The second-order valence-electron chi connectivity index (χ2n) is 23.6. The minimum atomic E-state index is -1.55. The van der Waals surface area contributed by atoms with Crippen LogP contribution in [0.3, 0.4) is 0 Å². The van der Waals surface area contributed by atoms with Crippen molar-refractivity contribution in [3.8, 4) is 0 Å². The maximum atomic E-state index is 13.1. The molecule has 0 radical (unpaired) electrons. The molecule has 0 aromatic heterocycles. The van der Waals surface area contributed by atoms with Gasteiger partial charge in [0.15, 0.2) is 6.29 Å². The Morgan fingerprint density at radius 3 is 0.959 bits per heavy atom. The quantitative estimate of drug-likeness (QED) is 0.0330. The van der Waals surface area contributed by atoms with E-state index in [0.717, 1.165) is 38.5 Å². The molecule has 1 aliphatic heterocycles. The molecule has 7 unspecified atom stereocenters. The van der Waals surface area contributed by atoms with Crippen LogP contribution in [0, 0.1) is 0 Å². The van der Waals surface area contributed by atoms with Crippen molar-refractivity contribution in [2.45, 2.75) is 397 Å². The van der Waals surface area contributed by atoms with E-state index in [1.165, 1.54) is 289 Å². The predicted octanol–water partition coefficient (Wildman–Crippen LogP) is 17.4. The second kappa shape index (κ2) is 55.5. The lowest BCUT2D eigenvalue weighted by molar-refractivity contribution is -0.302. The SMILES string of the molecule is CCCCCCCCCCCCCCCCCCCCCCCCCCCCCCCCC(O)C(COC1OC(CO)C(O)C(O)C1O)NC(=O)CCCCCCCCCCCCCCCCCCCCCCC. The summed E-state index contributed by atoms with van der Waals surface area (Å²) in [5.41, 5.74) is 0. The number of carbonyl (C=O) groups excluding carboxylic acids is 1. The van der Waals surface area contributed by atoms with Crippen molar-refractivity contribution in [2.24, 2.45) is 0 Å². The van der Waals surface area contributed by atoms with Gasteiger partial charge in [-0.2, -0.15) is 0 Å². The Hall–Kier alpha value is -0.810. The number of hydrogen-bond acceptors (Lipinski definition) is 8. The molecule has 442 valence electrons. The van der Waals surface area contributed by atoms with E-state index in [1.807, 2.05) is 0 Å². The molecule has 9 nitrogen and oxygen atoms in total. The van der Waals surface area contributed by atoms with E-state index in [2.05, 4.69) is 19.2 Å². The topological polar surface area (TPSA) is 149 Å². The summed E-state index contributed by atoms with van der Waals surface area (Å²) in [6.07, 6.45) is 61.6. The summed E-state index contributed by atoms with van der Waals surface area (Å²) in [4.78, 5) is 13.1. The summed E-state index contributed by atoms with van der Waals surface area (Å²) < 4.78 is 11.4. The van der Waals surface area contributed by atoms with Crippen LogP contribution in [0.5, 0.6) is 0 Å². The smallest absolute Gasteiger partial charge is 0.220 e. The zero-order chi connectivity index (χ0) is 53.6. The van der Waals surface area contributed by atoms with Crippen molar-refractivity contribution in [1.82, 2.24) is 5.32 Å². The summed E-state index contributed by atoms with van der Waals surface area (Å²) in [5.74, 6) is -0.134. The van der Waals surface area contributed by atoms with E-state index in [4.69, 9.17) is 9.47 Å². The highest BCUT2D eigenvalue weighted by Crippen LogP contribution is 2.24. The summed E-state index contributed by atoms with van der Waals surface area (Å²) >= 11 is 0. The third-order valence-corrected chi connectivity index (χ3v) is 16.5. The van der Waals surface area contributed by atoms with E-state index in [0.29, 0.717) is 12.8 Å². The molecule has 1 fully saturated rings. The Balaban J connectivity index is 2.11. The number of amides is 1. The summed E-state index contributed by atoms with van der Waals surface area (Å²) in [5, 5.41) is 54.9. The summed E-state index contributed by atoms with van der Waals surface area (Å²) in [7, 11) is 0. The van der Waals surface area contributed by atoms with Crippen LogP contribution in [0.15, 0.2) is 0 Å². The van der Waals surface area contributed by atoms with Crippen LogP contribution >= 0.6 is 0 Å². The van der Waals surface area contributed by atoms with E-state index in [9.17, 15) is 30.3 Å². The maximum absolute atomic E-state index is 13.1. The fourth-order valence-electron chi connectivity index (χ4n) is 11.2. The first-order valence-electron chi connectivity index (χ1n) is 33.2. The number of hydrogen-bond donors (Lipinski definition) is 6. The standard InChI is InChI=1S/C65H129NO8/c1-3-5-7-9-11-13-15-17-19-21-23-25-26-27-28-29-30-31-32-33-35-36-38-40-42-44-46-48-50-52-54-59(68)58(57-73-65-64(72)63(71)62(70)60(56-67)74-65)66-61(69)55-53-51-49-47-45-43-41-39-37-34-24-22-20-18-16-14-12-10-8-6-4-2/h58-60,62-65,67-68,70-72H,3-57H2,1-2H3,(H,66,69). The van der Waals surface area contributed by atoms with Gasteiger partial charge in [0.25, 0.3) is 0 Å². The highest BCUT2D eigenvalue weighted by molar-refractivity contribution is 5.76. The molecule has 1 heterocycles. The van der Waals surface area contributed by atoms with Crippen molar-refractivity contribution < 1.29 is 39.8 Å². The van der Waals surface area contributed by atoms with Crippen LogP contribution in [-0.2, 0) is 14.3 Å². The lowest BCUT2D eigenvalue weighted by Gasteiger charge is -2.40. The first-order valence-corrected chi connectivity index (χ1v) is 33.2. The molecule has 0 aromatic rings. The van der Waals surface area contributed by atoms with Gasteiger partial charge in [-0.1, -0.05) is 335 Å². The molecule has 0 saturated carbocycles. The predicted molar refractivity (Wildman–Crippen MR) is 314 cm³/mol. The van der Waals surface area contributed by atoms with Gasteiger partial charge in [0.1, 0.15) is 24.4 Å². The van der Waals surface area contributed by atoms with Crippen LogP contribution < -0.4 is 5.32 Å². The summed E-state index contributed by atoms with van der Waals surface area (Å²) in [6, 6.07) is -0.714. The molecule has 1 aliphatic rings. The van der Waals surface area contributed by atoms with Crippen molar-refractivity contribution in [1.29, 1.82) is 0 Å². The first-order chi connectivity index (χ1) is 36.3. The average molecular weight is 1050 g/mol. The molecule has 1 rings (SSSR count). The molecule has 9 heteroatoms. The molecule has 0 aromatic carbocycles. The minimum absolute atomic E-state index is 0.130. The molecule has 0 aliphatic carbocycles. The van der Waals surface area contributed by atoms with Gasteiger partial charge in [-0.25, -0.2) is 0 Å². The van der Waals surface area contributed by atoms with Gasteiger partial charge < -0.3 is 40.3 Å². The zero-order valence-electron chi connectivity index (χ0n) is 49.4. The Bertz CT molecular complexity index is 1130. The van der Waals surface area contributed by atoms with Crippen LogP contribution in [0.1, 0.15) is 354 Å². The second-order valence-corrected chi connectivity index (χ2v) is 23.6. The fourth-order valence-corrected chi connectivity index (χ4v) is 11.2. The minimum Gasteiger partial charge on any atom is -0.394 e. The number of aliphatic hydroxyl groups is 5. The number of unbranched alkanes of at least 4 members (excludes halogenated alkanes) is 49. The molecular weight excluding hydrogens is 923 g/mol. The number of nitrogens with one attached hydrogen (secondary N) is 1. The van der Waals surface area contributed by atoms with Crippen LogP contribution in [0.25, 0.3) is 0 Å². The first kappa shape index (κ1) is 71.2. The molecule has 6 N–H and O–H groups in total. The van der Waals surface area contributed by atoms with E-state index < -0.39 is 49.5 Å². The Morgan fingerprint density at radius 2 is 0.676 bits per heavy atom. The maximum Gasteiger partial charge on any atom is 0.220 e. The largest absolute Gasteiger partial charge is 0.394 e. The summed E-state index contributed by atoms with van der Waals surface area (Å²) in [6.45, 7) is 3.90. The van der Waals surface area contributed by atoms with Crippen molar-refractivity contribution in [2.75, 3.05) is 13.2 Å². The van der Waals surface area contributed by atoms with Crippen LogP contribution in [0.4, 0.5) is 0 Å². The lowest BCUT2D eigenvalue weighted by Crippen LogP contribution is -2.60. The highest BCUT2D eigenvalue weighted by atomic mass is 16.7. The van der Waals surface area contributed by atoms with Gasteiger partial charge in [-0.05, 0) is 12.8 Å². The normalized spacial score (nSPS) is 18.8. The van der Waals surface area contributed by atoms with Crippen LogP contribution in [0.2, 0.25) is 0 Å². The number of aliphatic hydroxyl groups excluding tert-OH is 5. The third kappa shape index (κ3) is 44.1. The van der Waals surface area contributed by atoms with Gasteiger partial charge >= 0.3 is 0 Å². The zero-order valence-corrected chi connectivity index (χ0v) is 49.4. The Labute approximate surface area is 459 Å². The number of rotatable bonds is 59. The van der Waals surface area contributed by atoms with Crippen molar-refractivity contribution in [3.05, 3.63) is 0 Å². The Kier molecular flexibility index (Phi) is 53.4. The van der Waals surface area contributed by atoms with Gasteiger partial charge in [0.2, 0.25) is 5.91 Å². The number of carbonyl (C=O) groups is 1. The number of ether oxygens (including phenoxy) is 2. The van der Waals surface area contributed by atoms with E-state index >= 15 is 0 Å². The van der Waals surface area contributed by atoms with Crippen LogP contribution in [-0.4, -0.2) is 87.5 Å². The fraction of sp³-hybridized carbons (Fsp3) is 0.985. The van der Waals surface area contributed by atoms with E-state index in [-0.39, 0.29) is 12.5 Å². The van der Waals surface area contributed by atoms with Gasteiger partial charge in [0, 0.05) is 6.42 Å². The lowest BCUT2D eigenvalue weighted by atomic mass is 9.99. The average Bonchev–Trinajstić information content (AvgIpc) is 3.40. The van der Waals surface area contributed by atoms with Crippen molar-refractivity contribution >= 4 is 5.91 Å². The molecule has 0 spiro atoms. The molecule has 1 saturated heterocycles. The monoisotopic (exact) mass is 1050 g/mol. The van der Waals surface area contributed by atoms with Gasteiger partial charge in [-0.15, -0.1) is 0 Å². The molecular formula is C65H129NO8. The molecule has 74 heavy (non-hydrogen) atoms. The Morgan fingerprint density at radius 1 is 0.405 bits per heavy atom. The molecule has 1 amide bonds.